The topological polar surface area (TPSA) is 26.3 Å². The van der Waals surface area contributed by atoms with Crippen molar-refractivity contribution in [1.29, 1.82) is 0 Å². The predicted octanol–water partition coefficient (Wildman–Crippen LogP) is 1.44. The third-order valence-corrected chi connectivity index (χ3v) is 1.39. The minimum absolute atomic E-state index is 0.214. The Hall–Kier alpha value is -0.370. The highest BCUT2D eigenvalue weighted by Gasteiger charge is 2.47. The third-order valence-electron chi connectivity index (χ3n) is 1.39. The normalized spacial score (nSPS) is 22.3. The van der Waals surface area contributed by atoms with E-state index in [1.807, 2.05) is 27.1 Å². The van der Waals surface area contributed by atoms with Gasteiger partial charge in [-0.1, -0.05) is 0 Å². The summed E-state index contributed by atoms with van der Waals surface area (Å²) >= 11 is 0. The second-order valence-electron chi connectivity index (χ2n) is 3.81. The highest BCUT2D eigenvalue weighted by atomic mass is 16.5. The molecular weight excluding hydrogens is 128 g/mol. The van der Waals surface area contributed by atoms with Gasteiger partial charge in [-0.15, -0.1) is 0 Å². The average Bonchev–Trinajstić information content (AvgIpc) is 2.45. The lowest BCUT2D eigenvalue weighted by atomic mass is 10.2. The Morgan fingerprint density at radius 3 is 2.00 bits per heavy atom. The van der Waals surface area contributed by atoms with E-state index in [-0.39, 0.29) is 5.60 Å². The molecule has 0 heterocycles. The molecule has 10 heavy (non-hydrogen) atoms. The molecule has 0 atom stereocenters. The quantitative estimate of drug-likeness (QED) is 0.581. The summed E-state index contributed by atoms with van der Waals surface area (Å²) in [5.41, 5.74) is -0.744. The lowest BCUT2D eigenvalue weighted by Gasteiger charge is -2.23. The lowest BCUT2D eigenvalue weighted by molar-refractivity contribution is -0.0436. The fraction of sp³-hybridized carbons (Fsp3) is 0.875. The molecule has 0 amide bonds. The van der Waals surface area contributed by atoms with Crippen LogP contribution < -0.4 is 0 Å². The van der Waals surface area contributed by atoms with Crippen LogP contribution in [0.1, 0.15) is 33.6 Å². The van der Waals surface area contributed by atoms with E-state index in [1.54, 1.807) is 0 Å². The van der Waals surface area contributed by atoms with Gasteiger partial charge in [-0.05, 0) is 33.6 Å². The highest BCUT2D eigenvalue weighted by Crippen LogP contribution is 2.40. The fourth-order valence-electron chi connectivity index (χ4n) is 0.925. The molecule has 1 radical (unpaired) electrons. The van der Waals surface area contributed by atoms with Crippen molar-refractivity contribution in [2.75, 3.05) is 0 Å². The molecule has 57 valence electrons. The minimum Gasteiger partial charge on any atom is -0.361 e. The van der Waals surface area contributed by atoms with Crippen LogP contribution in [0.5, 0.6) is 0 Å². The summed E-state index contributed by atoms with van der Waals surface area (Å²) < 4.78 is 5.46. The van der Waals surface area contributed by atoms with Crippen LogP contribution >= 0.6 is 0 Å². The van der Waals surface area contributed by atoms with Crippen molar-refractivity contribution in [3.8, 4) is 0 Å². The molecule has 1 fully saturated rings. The molecule has 2 nitrogen and oxygen atoms in total. The van der Waals surface area contributed by atoms with Crippen molar-refractivity contribution in [3.05, 3.63) is 0 Å². The Labute approximate surface area is 61.6 Å². The second-order valence-corrected chi connectivity index (χ2v) is 3.81. The second kappa shape index (κ2) is 2.06. The van der Waals surface area contributed by atoms with Crippen LogP contribution in [0.4, 0.5) is 0 Å². The number of carbonyl (C=O) groups excluding carboxylic acids is 1. The minimum atomic E-state index is -0.530. The maximum Gasteiger partial charge on any atom is 0.233 e. The molecule has 0 bridgehead atoms. The predicted molar refractivity (Wildman–Crippen MR) is 38.5 cm³/mol. The molecule has 0 aliphatic heterocycles. The van der Waals surface area contributed by atoms with Gasteiger partial charge in [0.2, 0.25) is 6.29 Å². The standard InChI is InChI=1S/C8H13O2/c1-7(2,3)10-8(6-9)4-5-8/h4-5H2,1-3H3. The van der Waals surface area contributed by atoms with E-state index in [0.29, 0.717) is 0 Å². The van der Waals surface area contributed by atoms with Crippen LogP contribution in [0.25, 0.3) is 0 Å². The van der Waals surface area contributed by atoms with Crippen LogP contribution in [0, 0.1) is 0 Å². The van der Waals surface area contributed by atoms with Crippen molar-refractivity contribution >= 4 is 6.29 Å². The number of rotatable bonds is 2. The van der Waals surface area contributed by atoms with Crippen LogP contribution in [0.2, 0.25) is 0 Å². The Bertz CT molecular complexity index is 140. The first-order valence-electron chi connectivity index (χ1n) is 3.57. The van der Waals surface area contributed by atoms with Gasteiger partial charge in [0.25, 0.3) is 0 Å². The van der Waals surface area contributed by atoms with Crippen LogP contribution in [0.3, 0.4) is 0 Å². The van der Waals surface area contributed by atoms with Gasteiger partial charge >= 0.3 is 0 Å². The number of ether oxygens (including phenoxy) is 1. The van der Waals surface area contributed by atoms with Gasteiger partial charge in [-0.2, -0.15) is 0 Å². The van der Waals surface area contributed by atoms with Crippen molar-refractivity contribution in [3.63, 3.8) is 0 Å². The summed E-state index contributed by atoms with van der Waals surface area (Å²) in [5, 5.41) is 0. The summed E-state index contributed by atoms with van der Waals surface area (Å²) in [6.07, 6.45) is 3.62. The van der Waals surface area contributed by atoms with Crippen LogP contribution in [-0.4, -0.2) is 17.5 Å². The van der Waals surface area contributed by atoms with Gasteiger partial charge in [-0.3, -0.25) is 4.79 Å². The van der Waals surface area contributed by atoms with Gasteiger partial charge in [0.05, 0.1) is 5.60 Å². The van der Waals surface area contributed by atoms with E-state index in [2.05, 4.69) is 0 Å². The van der Waals surface area contributed by atoms with Gasteiger partial charge in [0, 0.05) is 0 Å². The SMILES string of the molecule is CC(C)(C)OC1([C]=O)CC1. The van der Waals surface area contributed by atoms with Gasteiger partial charge in [0.1, 0.15) is 5.60 Å². The molecule has 0 aromatic rings. The highest BCUT2D eigenvalue weighted by molar-refractivity contribution is 5.67. The van der Waals surface area contributed by atoms with Gasteiger partial charge in [0.15, 0.2) is 0 Å². The average molecular weight is 141 g/mol. The molecule has 1 aliphatic rings. The van der Waals surface area contributed by atoms with Gasteiger partial charge in [-0.25, -0.2) is 0 Å². The summed E-state index contributed by atoms with van der Waals surface area (Å²) in [5.74, 6) is 0. The molecular formula is C8H13O2. The van der Waals surface area contributed by atoms with Crippen molar-refractivity contribution in [2.45, 2.75) is 44.8 Å². The van der Waals surface area contributed by atoms with Crippen molar-refractivity contribution in [1.82, 2.24) is 0 Å². The van der Waals surface area contributed by atoms with Crippen molar-refractivity contribution < 1.29 is 9.53 Å². The Balaban J connectivity index is 2.45. The zero-order valence-electron chi connectivity index (χ0n) is 6.73. The molecule has 0 aromatic carbocycles. The van der Waals surface area contributed by atoms with Crippen LogP contribution in [0.15, 0.2) is 0 Å². The lowest BCUT2D eigenvalue weighted by Crippen LogP contribution is -2.29. The number of hydrogen-bond donors (Lipinski definition) is 0. The summed E-state index contributed by atoms with van der Waals surface area (Å²) in [4.78, 5) is 10.3. The Morgan fingerprint density at radius 2 is 1.90 bits per heavy atom. The van der Waals surface area contributed by atoms with Gasteiger partial charge < -0.3 is 4.74 Å². The van der Waals surface area contributed by atoms with Crippen molar-refractivity contribution in [2.24, 2.45) is 0 Å². The molecule has 0 N–H and O–H groups in total. The summed E-state index contributed by atoms with van der Waals surface area (Å²) in [6.45, 7) is 5.85. The van der Waals surface area contributed by atoms with E-state index in [4.69, 9.17) is 4.74 Å². The molecule has 2 heteroatoms. The molecule has 0 unspecified atom stereocenters. The van der Waals surface area contributed by atoms with E-state index >= 15 is 0 Å². The first-order chi connectivity index (χ1) is 4.47. The molecule has 1 saturated carbocycles. The van der Waals surface area contributed by atoms with E-state index in [9.17, 15) is 4.79 Å². The smallest absolute Gasteiger partial charge is 0.233 e. The monoisotopic (exact) mass is 141 g/mol. The molecule has 0 spiro atoms. The fourth-order valence-corrected chi connectivity index (χ4v) is 0.925. The third kappa shape index (κ3) is 1.81. The van der Waals surface area contributed by atoms with E-state index in [0.717, 1.165) is 12.8 Å². The first kappa shape index (κ1) is 7.73. The zero-order chi connectivity index (χ0) is 7.83. The Morgan fingerprint density at radius 1 is 1.40 bits per heavy atom. The van der Waals surface area contributed by atoms with Crippen LogP contribution in [-0.2, 0) is 9.53 Å². The maximum absolute atomic E-state index is 10.3. The molecule has 0 aromatic heterocycles. The zero-order valence-corrected chi connectivity index (χ0v) is 6.73. The number of hydrogen-bond acceptors (Lipinski definition) is 2. The molecule has 1 rings (SSSR count). The molecule has 1 aliphatic carbocycles. The summed E-state index contributed by atoms with van der Waals surface area (Å²) in [7, 11) is 0. The van der Waals surface area contributed by atoms with E-state index < -0.39 is 5.60 Å². The van der Waals surface area contributed by atoms with E-state index in [1.165, 1.54) is 0 Å². The summed E-state index contributed by atoms with van der Waals surface area (Å²) in [6, 6.07) is 0. The Kier molecular flexibility index (Phi) is 1.59. The first-order valence-corrected chi connectivity index (χ1v) is 3.57. The molecule has 0 saturated heterocycles. The largest absolute Gasteiger partial charge is 0.361 e. The maximum atomic E-state index is 10.3.